The highest BCUT2D eigenvalue weighted by Gasteiger charge is 2.43. The Bertz CT molecular complexity index is 1180. The van der Waals surface area contributed by atoms with E-state index in [4.69, 9.17) is 10.5 Å². The number of hydrogen-bond acceptors (Lipinski definition) is 6. The predicted octanol–water partition coefficient (Wildman–Crippen LogP) is 5.34. The Balaban J connectivity index is 1.53. The highest BCUT2D eigenvalue weighted by atomic mass is 19.1. The van der Waals surface area contributed by atoms with E-state index < -0.39 is 11.6 Å². The first-order valence-corrected chi connectivity index (χ1v) is 12.3. The average Bonchev–Trinajstić information content (AvgIpc) is 3.30. The van der Waals surface area contributed by atoms with Crippen LogP contribution in [0.4, 0.5) is 20.5 Å². The fourth-order valence-corrected chi connectivity index (χ4v) is 5.16. The summed E-state index contributed by atoms with van der Waals surface area (Å²) in [7, 11) is 2.11. The highest BCUT2D eigenvalue weighted by Crippen LogP contribution is 2.38. The lowest BCUT2D eigenvalue weighted by atomic mass is 9.77. The van der Waals surface area contributed by atoms with Gasteiger partial charge in [-0.25, -0.2) is 13.8 Å². The zero-order chi connectivity index (χ0) is 26.1. The summed E-state index contributed by atoms with van der Waals surface area (Å²) < 4.78 is 37.9. The van der Waals surface area contributed by atoms with E-state index in [-0.39, 0.29) is 40.1 Å². The molecule has 9 heteroatoms. The molecular formula is C27H36F2N6O. The van der Waals surface area contributed by atoms with Crippen LogP contribution in [0.5, 0.6) is 5.75 Å². The third-order valence-electron chi connectivity index (χ3n) is 7.16. The molecule has 7 nitrogen and oxygen atoms in total. The van der Waals surface area contributed by atoms with Crippen LogP contribution in [0.25, 0.3) is 11.3 Å². The number of likely N-dealkylation sites (tertiary alicyclic amines) is 1. The Morgan fingerprint density at radius 1 is 1.06 bits per heavy atom. The molecule has 1 fully saturated rings. The van der Waals surface area contributed by atoms with Crippen molar-refractivity contribution in [1.82, 2.24) is 19.4 Å². The first kappa shape index (κ1) is 25.9. The van der Waals surface area contributed by atoms with Crippen molar-refractivity contribution < 1.29 is 13.5 Å². The van der Waals surface area contributed by atoms with Crippen molar-refractivity contribution in [2.24, 2.45) is 0 Å². The summed E-state index contributed by atoms with van der Waals surface area (Å²) in [6.45, 7) is 9.87. The van der Waals surface area contributed by atoms with Gasteiger partial charge in [0.2, 0.25) is 5.95 Å². The van der Waals surface area contributed by atoms with Crippen LogP contribution in [0.2, 0.25) is 0 Å². The number of anilines is 2. The molecule has 0 atom stereocenters. The number of nitrogens with zero attached hydrogens (tertiary/aromatic N) is 4. The second kappa shape index (κ2) is 10.0. The lowest BCUT2D eigenvalue weighted by Gasteiger charge is -2.53. The van der Waals surface area contributed by atoms with E-state index >= 15 is 4.39 Å². The number of piperidine rings is 1. The van der Waals surface area contributed by atoms with Gasteiger partial charge >= 0.3 is 0 Å². The smallest absolute Gasteiger partial charge is 0.222 e. The number of aryl methyl sites for hydroxylation is 1. The molecule has 0 radical (unpaired) electrons. The molecule has 0 amide bonds. The molecule has 0 unspecified atom stereocenters. The number of aromatic nitrogens is 3. The van der Waals surface area contributed by atoms with Crippen molar-refractivity contribution in [2.45, 2.75) is 70.6 Å². The molecule has 0 bridgehead atoms. The zero-order valence-corrected chi connectivity index (χ0v) is 21.7. The molecule has 3 aromatic rings. The van der Waals surface area contributed by atoms with E-state index in [0.29, 0.717) is 12.4 Å². The minimum atomic E-state index is -0.664. The number of benzene rings is 1. The van der Waals surface area contributed by atoms with Gasteiger partial charge in [0.05, 0.1) is 6.61 Å². The number of hydrogen-bond donors (Lipinski definition) is 2. The fraction of sp³-hybridized carbons (Fsp3) is 0.481. The fourth-order valence-electron chi connectivity index (χ4n) is 5.16. The van der Waals surface area contributed by atoms with Gasteiger partial charge in [-0.05, 0) is 78.3 Å². The Kier molecular flexibility index (Phi) is 7.22. The van der Waals surface area contributed by atoms with E-state index in [1.54, 1.807) is 6.07 Å². The number of ether oxygens (including phenoxy) is 1. The molecule has 3 heterocycles. The maximum absolute atomic E-state index is 15.7. The van der Waals surface area contributed by atoms with Crippen LogP contribution in [-0.2, 0) is 6.54 Å². The predicted molar refractivity (Wildman–Crippen MR) is 139 cm³/mol. The van der Waals surface area contributed by atoms with Crippen LogP contribution in [0, 0.1) is 11.6 Å². The van der Waals surface area contributed by atoms with Crippen LogP contribution in [0.1, 0.15) is 47.0 Å². The minimum Gasteiger partial charge on any atom is -0.493 e. The number of nitrogens with two attached hydrogens (primary N) is 1. The first-order valence-electron chi connectivity index (χ1n) is 12.3. The van der Waals surface area contributed by atoms with Crippen LogP contribution in [-0.4, -0.2) is 50.2 Å². The van der Waals surface area contributed by atoms with E-state index in [1.807, 2.05) is 29.1 Å². The second-order valence-corrected chi connectivity index (χ2v) is 10.8. The molecule has 1 aromatic carbocycles. The summed E-state index contributed by atoms with van der Waals surface area (Å²) in [5.74, 6) is -0.959. The number of nitrogen functional groups attached to an aromatic ring is 1. The number of rotatable bonds is 8. The van der Waals surface area contributed by atoms with E-state index in [9.17, 15) is 4.39 Å². The Morgan fingerprint density at radius 3 is 2.39 bits per heavy atom. The van der Waals surface area contributed by atoms with E-state index in [2.05, 4.69) is 54.9 Å². The van der Waals surface area contributed by atoms with Crippen LogP contribution in [0.3, 0.4) is 0 Å². The number of halogens is 2. The standard InChI is InChI=1S/C27H36F2N6O/c1-26(2)16-20(17-27(3,4)34(26)5)31-24-22(29)23(32-25(30)33-24)18-13-19(28)15-21(14-18)36-12-8-11-35-9-6-7-10-35/h6-7,9-10,13-15,20H,8,11-12,16-17H2,1-5H3,(H3,30,31,32,33). The van der Waals surface area contributed by atoms with Crippen LogP contribution in [0.15, 0.2) is 42.7 Å². The zero-order valence-electron chi connectivity index (χ0n) is 21.7. The summed E-state index contributed by atoms with van der Waals surface area (Å²) in [6.07, 6.45) is 6.29. The van der Waals surface area contributed by atoms with Gasteiger partial charge in [-0.15, -0.1) is 0 Å². The molecule has 0 spiro atoms. The molecule has 0 aliphatic carbocycles. The lowest BCUT2D eigenvalue weighted by molar-refractivity contribution is -0.00777. The summed E-state index contributed by atoms with van der Waals surface area (Å²) in [5.41, 5.74) is 5.96. The van der Waals surface area contributed by atoms with Crippen molar-refractivity contribution in [2.75, 3.05) is 24.7 Å². The third-order valence-corrected chi connectivity index (χ3v) is 7.16. The van der Waals surface area contributed by atoms with Gasteiger partial charge < -0.3 is 20.4 Å². The molecule has 0 saturated carbocycles. The monoisotopic (exact) mass is 498 g/mol. The summed E-state index contributed by atoms with van der Waals surface area (Å²) in [5, 5.41) is 3.26. The van der Waals surface area contributed by atoms with E-state index in [0.717, 1.165) is 25.8 Å². The Morgan fingerprint density at radius 2 is 1.72 bits per heavy atom. The highest BCUT2D eigenvalue weighted by molar-refractivity contribution is 5.67. The molecular weight excluding hydrogens is 462 g/mol. The largest absolute Gasteiger partial charge is 0.493 e. The Hall–Kier alpha value is -3.20. The van der Waals surface area contributed by atoms with Crippen LogP contribution >= 0.6 is 0 Å². The minimum absolute atomic E-state index is 0.0189. The van der Waals surface area contributed by atoms with Crippen molar-refractivity contribution >= 4 is 11.8 Å². The molecule has 1 aliphatic rings. The molecule has 2 aromatic heterocycles. The average molecular weight is 499 g/mol. The lowest BCUT2D eigenvalue weighted by Crippen LogP contribution is -2.61. The topological polar surface area (TPSA) is 81.2 Å². The maximum atomic E-state index is 15.7. The molecule has 1 aliphatic heterocycles. The van der Waals surface area contributed by atoms with Gasteiger partial charge in [0, 0.05) is 47.7 Å². The van der Waals surface area contributed by atoms with Crippen molar-refractivity contribution in [1.29, 1.82) is 0 Å². The Labute approximate surface area is 211 Å². The van der Waals surface area contributed by atoms with Gasteiger partial charge in [-0.3, -0.25) is 4.90 Å². The molecule has 194 valence electrons. The van der Waals surface area contributed by atoms with Gasteiger partial charge in [-0.1, -0.05) is 0 Å². The van der Waals surface area contributed by atoms with Crippen molar-refractivity contribution in [3.63, 3.8) is 0 Å². The summed E-state index contributed by atoms with van der Waals surface area (Å²) >= 11 is 0. The molecule has 4 rings (SSSR count). The van der Waals surface area contributed by atoms with Crippen molar-refractivity contribution in [3.8, 4) is 17.0 Å². The van der Waals surface area contributed by atoms with Gasteiger partial charge in [-0.2, -0.15) is 4.98 Å². The van der Waals surface area contributed by atoms with Gasteiger partial charge in [0.15, 0.2) is 11.6 Å². The van der Waals surface area contributed by atoms with Gasteiger partial charge in [0.25, 0.3) is 0 Å². The van der Waals surface area contributed by atoms with Crippen LogP contribution < -0.4 is 15.8 Å². The second-order valence-electron chi connectivity index (χ2n) is 10.8. The first-order chi connectivity index (χ1) is 16.9. The SMILES string of the molecule is CN1C(C)(C)CC(Nc2nc(N)nc(-c3cc(F)cc(OCCCn4cccc4)c3)c2F)CC1(C)C. The summed E-state index contributed by atoms with van der Waals surface area (Å²) in [4.78, 5) is 10.6. The number of nitrogens with one attached hydrogen (secondary N) is 1. The quantitative estimate of drug-likeness (QED) is 0.408. The van der Waals surface area contributed by atoms with E-state index in [1.165, 1.54) is 12.1 Å². The summed E-state index contributed by atoms with van der Waals surface area (Å²) in [6, 6.07) is 7.98. The molecule has 36 heavy (non-hydrogen) atoms. The molecule has 1 saturated heterocycles. The molecule has 3 N–H and O–H groups in total. The maximum Gasteiger partial charge on any atom is 0.222 e. The normalized spacial score (nSPS) is 17.8. The van der Waals surface area contributed by atoms with Gasteiger partial charge in [0.1, 0.15) is 17.3 Å². The van der Waals surface area contributed by atoms with Crippen molar-refractivity contribution in [3.05, 3.63) is 54.4 Å². The third kappa shape index (κ3) is 5.78.